The third kappa shape index (κ3) is 4.13. The number of rotatable bonds is 5. The van der Waals surface area contributed by atoms with E-state index < -0.39 is 0 Å². The van der Waals surface area contributed by atoms with Gasteiger partial charge in [0.05, 0.1) is 23.9 Å². The number of ether oxygens (including phenoxy) is 2. The van der Waals surface area contributed by atoms with Crippen molar-refractivity contribution >= 4 is 46.6 Å². The average molecular weight is 417 g/mol. The standard InChI is InChI=1S/C21H21ClN2O3S/c1-12(2)27-19-16(22)9-14(11-18(19)26-4)10-17-20(25)24(21(28)23-17)15-7-5-6-13(3)8-15/h5-12H,1-4H3,(H,23,28)/b17-10-. The summed E-state index contributed by atoms with van der Waals surface area (Å²) in [7, 11) is 1.54. The van der Waals surface area contributed by atoms with Crippen LogP contribution >= 0.6 is 23.8 Å². The van der Waals surface area contributed by atoms with E-state index in [4.69, 9.17) is 33.3 Å². The van der Waals surface area contributed by atoms with Gasteiger partial charge < -0.3 is 14.8 Å². The summed E-state index contributed by atoms with van der Waals surface area (Å²) in [6, 6.07) is 11.1. The van der Waals surface area contributed by atoms with Crippen LogP contribution in [0.15, 0.2) is 42.1 Å². The fourth-order valence-corrected chi connectivity index (χ4v) is 3.44. The minimum atomic E-state index is -0.229. The van der Waals surface area contributed by atoms with Crippen LogP contribution in [-0.4, -0.2) is 24.2 Å². The summed E-state index contributed by atoms with van der Waals surface area (Å²) in [6.07, 6.45) is 1.65. The predicted octanol–water partition coefficient (Wildman–Crippen LogP) is 4.71. The number of nitrogens with zero attached hydrogens (tertiary/aromatic N) is 1. The number of nitrogens with one attached hydrogen (secondary N) is 1. The molecule has 5 nitrogen and oxygen atoms in total. The number of methoxy groups -OCH3 is 1. The SMILES string of the molecule is COc1cc(/C=C2\NC(=S)N(c3cccc(C)c3)C2=O)cc(Cl)c1OC(C)C. The van der Waals surface area contributed by atoms with Crippen LogP contribution in [0.5, 0.6) is 11.5 Å². The number of benzene rings is 2. The summed E-state index contributed by atoms with van der Waals surface area (Å²) < 4.78 is 11.1. The van der Waals surface area contributed by atoms with Gasteiger partial charge in [0.2, 0.25) is 0 Å². The van der Waals surface area contributed by atoms with E-state index in [1.54, 1.807) is 25.3 Å². The van der Waals surface area contributed by atoms with Crippen LogP contribution in [-0.2, 0) is 4.79 Å². The number of aryl methyl sites for hydroxylation is 1. The van der Waals surface area contributed by atoms with Crippen molar-refractivity contribution in [3.8, 4) is 11.5 Å². The van der Waals surface area contributed by atoms with Crippen molar-refractivity contribution in [2.24, 2.45) is 0 Å². The molecule has 0 aromatic heterocycles. The van der Waals surface area contributed by atoms with Crippen molar-refractivity contribution in [3.05, 3.63) is 58.2 Å². The molecule has 0 saturated carbocycles. The molecule has 0 aliphatic carbocycles. The first kappa shape index (κ1) is 20.2. The molecule has 146 valence electrons. The van der Waals surface area contributed by atoms with Gasteiger partial charge in [0.1, 0.15) is 5.70 Å². The lowest BCUT2D eigenvalue weighted by Crippen LogP contribution is -2.30. The molecule has 0 atom stereocenters. The highest BCUT2D eigenvalue weighted by Crippen LogP contribution is 2.38. The molecule has 1 amide bonds. The van der Waals surface area contributed by atoms with E-state index >= 15 is 0 Å². The summed E-state index contributed by atoms with van der Waals surface area (Å²) in [4.78, 5) is 14.4. The Morgan fingerprint density at radius 1 is 1.25 bits per heavy atom. The first-order chi connectivity index (χ1) is 13.3. The molecule has 2 aromatic carbocycles. The molecule has 1 heterocycles. The van der Waals surface area contributed by atoms with Gasteiger partial charge in [0.15, 0.2) is 16.6 Å². The monoisotopic (exact) mass is 416 g/mol. The lowest BCUT2D eigenvalue weighted by Gasteiger charge is -2.15. The van der Waals surface area contributed by atoms with E-state index in [0.29, 0.717) is 32.9 Å². The topological polar surface area (TPSA) is 50.8 Å². The largest absolute Gasteiger partial charge is 0.493 e. The van der Waals surface area contributed by atoms with Crippen LogP contribution in [0.25, 0.3) is 6.08 Å². The van der Waals surface area contributed by atoms with Gasteiger partial charge in [-0.15, -0.1) is 0 Å². The van der Waals surface area contributed by atoms with Crippen molar-refractivity contribution in [2.75, 3.05) is 12.0 Å². The third-order valence-electron chi connectivity index (χ3n) is 4.05. The molecule has 1 N–H and O–H groups in total. The first-order valence-electron chi connectivity index (χ1n) is 8.78. The van der Waals surface area contributed by atoms with Gasteiger partial charge in [-0.3, -0.25) is 9.69 Å². The van der Waals surface area contributed by atoms with Crippen LogP contribution < -0.4 is 19.7 Å². The van der Waals surface area contributed by atoms with Gasteiger partial charge >= 0.3 is 0 Å². The Labute approximate surface area is 174 Å². The number of hydrogen-bond acceptors (Lipinski definition) is 4. The van der Waals surface area contributed by atoms with Gasteiger partial charge in [-0.05, 0) is 74.5 Å². The Bertz CT molecular complexity index is 972. The zero-order valence-electron chi connectivity index (χ0n) is 16.1. The third-order valence-corrected chi connectivity index (χ3v) is 4.62. The second kappa shape index (κ2) is 8.20. The average Bonchev–Trinajstić information content (AvgIpc) is 2.90. The van der Waals surface area contributed by atoms with E-state index in [1.165, 1.54) is 4.90 Å². The van der Waals surface area contributed by atoms with E-state index in [9.17, 15) is 4.79 Å². The number of hydrogen-bond donors (Lipinski definition) is 1. The number of halogens is 1. The first-order valence-corrected chi connectivity index (χ1v) is 9.56. The Morgan fingerprint density at radius 3 is 2.64 bits per heavy atom. The highest BCUT2D eigenvalue weighted by atomic mass is 35.5. The molecule has 2 aromatic rings. The number of thiocarbonyl (C=S) groups is 1. The van der Waals surface area contributed by atoms with Crippen LogP contribution in [0.2, 0.25) is 5.02 Å². The minimum Gasteiger partial charge on any atom is -0.493 e. The number of amides is 1. The summed E-state index contributed by atoms with van der Waals surface area (Å²) in [5.41, 5.74) is 2.83. The molecule has 3 rings (SSSR count). The molecule has 28 heavy (non-hydrogen) atoms. The summed E-state index contributed by atoms with van der Waals surface area (Å²) in [5, 5.41) is 3.72. The Morgan fingerprint density at radius 2 is 2.00 bits per heavy atom. The maximum Gasteiger partial charge on any atom is 0.281 e. The zero-order chi connectivity index (χ0) is 20.4. The fraction of sp³-hybridized carbons (Fsp3) is 0.238. The normalized spacial score (nSPS) is 15.4. The van der Waals surface area contributed by atoms with Crippen molar-refractivity contribution in [3.63, 3.8) is 0 Å². The van der Waals surface area contributed by atoms with E-state index in [2.05, 4.69) is 5.32 Å². The molecular weight excluding hydrogens is 396 g/mol. The smallest absolute Gasteiger partial charge is 0.281 e. The molecule has 1 saturated heterocycles. The quantitative estimate of drug-likeness (QED) is 0.565. The lowest BCUT2D eigenvalue weighted by molar-refractivity contribution is -0.113. The molecule has 0 unspecified atom stereocenters. The highest BCUT2D eigenvalue weighted by Gasteiger charge is 2.32. The molecule has 0 spiro atoms. The molecule has 1 aliphatic heterocycles. The van der Waals surface area contributed by atoms with E-state index in [1.807, 2.05) is 45.0 Å². The molecule has 7 heteroatoms. The van der Waals surface area contributed by atoms with Crippen molar-refractivity contribution in [2.45, 2.75) is 26.9 Å². The second-order valence-electron chi connectivity index (χ2n) is 6.67. The number of carbonyl (C=O) groups is 1. The summed E-state index contributed by atoms with van der Waals surface area (Å²) >= 11 is 11.7. The number of anilines is 1. The molecule has 1 aliphatic rings. The van der Waals surface area contributed by atoms with Crippen molar-refractivity contribution < 1.29 is 14.3 Å². The summed E-state index contributed by atoms with van der Waals surface area (Å²) in [6.45, 7) is 5.79. The molecular formula is C21H21ClN2O3S. The molecule has 0 bridgehead atoms. The number of carbonyl (C=O) groups excluding carboxylic acids is 1. The van der Waals surface area contributed by atoms with Gasteiger partial charge in [-0.25, -0.2) is 0 Å². The molecule has 1 fully saturated rings. The van der Waals surface area contributed by atoms with Crippen molar-refractivity contribution in [1.82, 2.24) is 5.32 Å². The lowest BCUT2D eigenvalue weighted by atomic mass is 10.1. The van der Waals surface area contributed by atoms with Gasteiger partial charge in [0, 0.05) is 0 Å². The van der Waals surface area contributed by atoms with E-state index in [0.717, 1.165) is 11.3 Å². The van der Waals surface area contributed by atoms with Gasteiger partial charge in [0.25, 0.3) is 5.91 Å². The minimum absolute atomic E-state index is 0.0473. The van der Waals surface area contributed by atoms with Crippen molar-refractivity contribution in [1.29, 1.82) is 0 Å². The second-order valence-corrected chi connectivity index (χ2v) is 7.46. The predicted molar refractivity (Wildman–Crippen MR) is 116 cm³/mol. The van der Waals surface area contributed by atoms with E-state index in [-0.39, 0.29) is 12.0 Å². The zero-order valence-corrected chi connectivity index (χ0v) is 17.6. The Hall–Kier alpha value is -2.57. The Kier molecular flexibility index (Phi) is 5.91. The maximum atomic E-state index is 12.9. The fourth-order valence-electron chi connectivity index (χ4n) is 2.88. The Balaban J connectivity index is 1.95. The van der Waals surface area contributed by atoms with Crippen LogP contribution in [0, 0.1) is 6.92 Å². The highest BCUT2D eigenvalue weighted by molar-refractivity contribution is 7.80. The maximum absolute atomic E-state index is 12.9. The van der Waals surface area contributed by atoms with Crippen LogP contribution in [0.3, 0.4) is 0 Å². The molecule has 0 radical (unpaired) electrons. The van der Waals surface area contributed by atoms with Crippen LogP contribution in [0.4, 0.5) is 5.69 Å². The van der Waals surface area contributed by atoms with Crippen LogP contribution in [0.1, 0.15) is 25.0 Å². The summed E-state index contributed by atoms with van der Waals surface area (Å²) in [5.74, 6) is 0.744. The van der Waals surface area contributed by atoms with Gasteiger partial charge in [-0.2, -0.15) is 0 Å². The van der Waals surface area contributed by atoms with Gasteiger partial charge in [-0.1, -0.05) is 23.7 Å².